The Hall–Kier alpha value is -0.843. The zero-order valence-electron chi connectivity index (χ0n) is 16.6. The summed E-state index contributed by atoms with van der Waals surface area (Å²) in [7, 11) is 0.393. The van der Waals surface area contributed by atoms with Crippen LogP contribution in [-0.4, -0.2) is 33.4 Å². The van der Waals surface area contributed by atoms with E-state index < -0.39 is 8.32 Å². The highest BCUT2D eigenvalue weighted by Gasteiger charge is 2.44. The highest BCUT2D eigenvalue weighted by atomic mass is 28.4. The van der Waals surface area contributed by atoms with Crippen molar-refractivity contribution in [2.24, 2.45) is 0 Å². The average molecular weight is 349 g/mol. The summed E-state index contributed by atoms with van der Waals surface area (Å²) < 4.78 is 6.75. The molecule has 0 atom stereocenters. The van der Waals surface area contributed by atoms with Crippen LogP contribution in [0.5, 0.6) is 0 Å². The highest BCUT2D eigenvalue weighted by molar-refractivity contribution is 6.77. The molecule has 1 aliphatic heterocycles. The minimum atomic E-state index is -1.80. The molecule has 4 heteroatoms. The number of nitrogens with one attached hydrogen (secondary N) is 1. The average Bonchev–Trinajstić information content (AvgIpc) is 2.66. The summed E-state index contributed by atoms with van der Waals surface area (Å²) in [6, 6.07) is 6.80. The number of hydrogen-bond acceptors (Lipinski definition) is 3. The molecule has 3 nitrogen and oxygen atoms in total. The molecule has 0 amide bonds. The largest absolute Gasteiger partial charge is 0.412 e. The van der Waals surface area contributed by atoms with Gasteiger partial charge >= 0.3 is 0 Å². The summed E-state index contributed by atoms with van der Waals surface area (Å²) in [6.45, 7) is 18.0. The van der Waals surface area contributed by atoms with Crippen molar-refractivity contribution in [3.8, 4) is 0 Å². The van der Waals surface area contributed by atoms with Crippen LogP contribution in [0.25, 0.3) is 0 Å². The van der Waals surface area contributed by atoms with Crippen LogP contribution in [0.3, 0.4) is 0 Å². The maximum Gasteiger partial charge on any atom is 0.200 e. The Balaban J connectivity index is 2.18. The number of fused-ring (bicyclic) bond motifs is 1. The second-order valence-electron chi connectivity index (χ2n) is 8.26. The highest BCUT2D eigenvalue weighted by Crippen LogP contribution is 2.42. The van der Waals surface area contributed by atoms with Gasteiger partial charge in [0.05, 0.1) is 6.61 Å². The van der Waals surface area contributed by atoms with E-state index in [1.807, 2.05) is 0 Å². The molecule has 2 rings (SSSR count). The molecule has 1 aromatic carbocycles. The summed E-state index contributed by atoms with van der Waals surface area (Å²) in [4.78, 5) is 2.37. The number of hydrogen-bond donors (Lipinski definition) is 1. The Kier molecular flexibility index (Phi) is 6.51. The third kappa shape index (κ3) is 4.03. The van der Waals surface area contributed by atoms with Gasteiger partial charge in [0.15, 0.2) is 0 Å². The Morgan fingerprint density at radius 3 is 2.29 bits per heavy atom. The first kappa shape index (κ1) is 19.5. The van der Waals surface area contributed by atoms with Crippen LogP contribution in [0.15, 0.2) is 18.2 Å². The fourth-order valence-electron chi connectivity index (χ4n) is 4.50. The van der Waals surface area contributed by atoms with E-state index in [0.29, 0.717) is 16.6 Å². The van der Waals surface area contributed by atoms with E-state index in [1.165, 1.54) is 16.8 Å². The molecule has 1 heterocycles. The van der Waals surface area contributed by atoms with Gasteiger partial charge in [-0.1, -0.05) is 53.7 Å². The van der Waals surface area contributed by atoms with Crippen molar-refractivity contribution in [1.29, 1.82) is 0 Å². The first-order chi connectivity index (χ1) is 11.3. The minimum Gasteiger partial charge on any atom is -0.412 e. The maximum atomic E-state index is 6.75. The molecule has 0 aliphatic carbocycles. The molecule has 0 fully saturated rings. The normalized spacial score (nSPS) is 16.4. The lowest BCUT2D eigenvalue weighted by Gasteiger charge is -2.42. The van der Waals surface area contributed by atoms with E-state index in [1.54, 1.807) is 0 Å². The maximum absolute atomic E-state index is 6.75. The lowest BCUT2D eigenvalue weighted by Crippen LogP contribution is -2.47. The summed E-state index contributed by atoms with van der Waals surface area (Å²) in [5, 5.41) is 3.54. The molecule has 0 unspecified atom stereocenters. The van der Waals surface area contributed by atoms with E-state index >= 15 is 0 Å². The van der Waals surface area contributed by atoms with Gasteiger partial charge in [0, 0.05) is 25.3 Å². The molecule has 0 saturated carbocycles. The molecule has 0 saturated heterocycles. The molecule has 1 N–H and O–H groups in total. The van der Waals surface area contributed by atoms with Gasteiger partial charge in [-0.25, -0.2) is 0 Å². The van der Waals surface area contributed by atoms with Crippen LogP contribution in [0.4, 0.5) is 5.69 Å². The molecule has 0 aromatic heterocycles. The third-order valence-corrected chi connectivity index (χ3v) is 11.7. The van der Waals surface area contributed by atoms with Crippen molar-refractivity contribution in [1.82, 2.24) is 4.90 Å². The molecule has 0 spiro atoms. The number of likely N-dealkylation sites (N-methyl/N-ethyl adjacent to an activating group) is 1. The molecule has 0 bridgehead atoms. The number of nitrogens with zero attached hydrogens (tertiary/aromatic N) is 1. The van der Waals surface area contributed by atoms with Crippen molar-refractivity contribution in [3.63, 3.8) is 0 Å². The van der Waals surface area contributed by atoms with Crippen LogP contribution in [0.2, 0.25) is 16.6 Å². The van der Waals surface area contributed by atoms with E-state index in [2.05, 4.69) is 77.0 Å². The second kappa shape index (κ2) is 8.02. The molecule has 136 valence electrons. The molecule has 0 radical (unpaired) electrons. The van der Waals surface area contributed by atoms with E-state index in [0.717, 1.165) is 26.2 Å². The fourth-order valence-corrected chi connectivity index (χ4v) is 9.92. The lowest BCUT2D eigenvalue weighted by molar-refractivity contribution is 0.265. The molecular weight excluding hydrogens is 312 g/mol. The van der Waals surface area contributed by atoms with Crippen molar-refractivity contribution in [3.05, 3.63) is 29.3 Å². The van der Waals surface area contributed by atoms with E-state index in [-0.39, 0.29) is 0 Å². The van der Waals surface area contributed by atoms with Gasteiger partial charge in [-0.15, -0.1) is 0 Å². The topological polar surface area (TPSA) is 24.5 Å². The van der Waals surface area contributed by atoms with Crippen LogP contribution in [0.1, 0.15) is 52.7 Å². The monoisotopic (exact) mass is 348 g/mol. The first-order valence-corrected chi connectivity index (χ1v) is 11.6. The third-order valence-electron chi connectivity index (χ3n) is 5.61. The Morgan fingerprint density at radius 1 is 1.08 bits per heavy atom. The predicted octanol–water partition coefficient (Wildman–Crippen LogP) is 5.24. The predicted molar refractivity (Wildman–Crippen MR) is 107 cm³/mol. The van der Waals surface area contributed by atoms with Crippen LogP contribution >= 0.6 is 0 Å². The molecule has 24 heavy (non-hydrogen) atoms. The summed E-state index contributed by atoms with van der Waals surface area (Å²) >= 11 is 0. The first-order valence-electron chi connectivity index (χ1n) is 9.45. The SMILES string of the molecule is CC(C)[Si](OCc1ccc2c(c1)CN(C)CCN2)(C(C)C)C(C)C. The Morgan fingerprint density at radius 2 is 1.71 bits per heavy atom. The number of rotatable bonds is 6. The lowest BCUT2D eigenvalue weighted by atomic mass is 10.1. The molecule has 1 aromatic rings. The van der Waals surface area contributed by atoms with Crippen molar-refractivity contribution in [2.45, 2.75) is 71.3 Å². The molecular formula is C20H36N2OSi. The van der Waals surface area contributed by atoms with Gasteiger partial charge in [-0.05, 0) is 40.9 Å². The van der Waals surface area contributed by atoms with Crippen molar-refractivity contribution >= 4 is 14.0 Å². The van der Waals surface area contributed by atoms with Crippen molar-refractivity contribution < 1.29 is 4.43 Å². The zero-order valence-corrected chi connectivity index (χ0v) is 17.6. The fraction of sp³-hybridized carbons (Fsp3) is 0.700. The van der Waals surface area contributed by atoms with Gasteiger partial charge in [0.1, 0.15) is 0 Å². The number of anilines is 1. The van der Waals surface area contributed by atoms with Gasteiger partial charge in [-0.2, -0.15) is 0 Å². The van der Waals surface area contributed by atoms with Gasteiger partial charge < -0.3 is 14.6 Å². The summed E-state index contributed by atoms with van der Waals surface area (Å²) in [6.07, 6.45) is 0. The van der Waals surface area contributed by atoms with Gasteiger partial charge in [-0.3, -0.25) is 0 Å². The van der Waals surface area contributed by atoms with Gasteiger partial charge in [0.25, 0.3) is 0 Å². The van der Waals surface area contributed by atoms with Crippen LogP contribution < -0.4 is 5.32 Å². The quantitative estimate of drug-likeness (QED) is 0.712. The summed E-state index contributed by atoms with van der Waals surface area (Å²) in [5.41, 5.74) is 5.87. The van der Waals surface area contributed by atoms with Gasteiger partial charge in [0.2, 0.25) is 8.32 Å². The van der Waals surface area contributed by atoms with E-state index in [9.17, 15) is 0 Å². The van der Waals surface area contributed by atoms with Crippen LogP contribution in [-0.2, 0) is 17.6 Å². The zero-order chi connectivity index (χ0) is 17.9. The standard InChI is InChI=1S/C20H36N2OSi/c1-15(2)24(16(3)4,17(5)6)23-14-18-8-9-20-19(12-18)13-22(7)11-10-21-20/h8-9,12,15-17,21H,10-11,13-14H2,1-7H3. The minimum absolute atomic E-state index is 0.631. The van der Waals surface area contributed by atoms with Crippen molar-refractivity contribution in [2.75, 3.05) is 25.5 Å². The summed E-state index contributed by atoms with van der Waals surface area (Å²) in [5.74, 6) is 0. The van der Waals surface area contributed by atoms with Crippen LogP contribution in [0, 0.1) is 0 Å². The second-order valence-corrected chi connectivity index (χ2v) is 13.7. The smallest absolute Gasteiger partial charge is 0.200 e. The Bertz CT molecular complexity index is 521. The Labute approximate surface area is 149 Å². The van der Waals surface area contributed by atoms with E-state index in [4.69, 9.17) is 4.43 Å². The molecule has 1 aliphatic rings. The number of benzene rings is 1.